The molecule has 0 aliphatic rings. The number of hydrogen-bond acceptors (Lipinski definition) is 21. The van der Waals surface area contributed by atoms with Gasteiger partial charge in [0.1, 0.15) is 12.1 Å². The van der Waals surface area contributed by atoms with Gasteiger partial charge in [-0.15, -0.1) is 0 Å². The number of amides is 9. The van der Waals surface area contributed by atoms with E-state index in [1.54, 1.807) is 106 Å². The van der Waals surface area contributed by atoms with Crippen molar-refractivity contribution in [1.82, 2.24) is 47.9 Å². The fourth-order valence-electron chi connectivity index (χ4n) is 15.9. The van der Waals surface area contributed by atoms with Crippen molar-refractivity contribution in [2.24, 2.45) is 106 Å². The molecule has 0 fully saturated rings. The Morgan fingerprint density at radius 1 is 0.290 bits per heavy atom. The first-order valence-corrected chi connectivity index (χ1v) is 50.0. The summed E-state index contributed by atoms with van der Waals surface area (Å²) in [6.45, 7) is 40.1. The number of Topliss-reactive ketones (excluding diaryl/α,β-unsaturated/α-hetero) is 7. The largest absolute Gasteiger partial charge is 0.480 e. The number of carbonyl (C=O) groups excluding carboxylic acids is 16. The number of aryl methyl sites for hydroxylation is 1. The summed E-state index contributed by atoms with van der Waals surface area (Å²) in [5.41, 5.74) is 19.4. The van der Waals surface area contributed by atoms with Crippen molar-refractivity contribution in [2.75, 3.05) is 19.6 Å². The zero-order chi connectivity index (χ0) is 105. The van der Waals surface area contributed by atoms with Gasteiger partial charge in [0.2, 0.25) is 47.3 Å². The van der Waals surface area contributed by atoms with E-state index in [0.29, 0.717) is 109 Å². The maximum Gasteiger partial charge on any atom is 0.326 e. The Hall–Kier alpha value is -10.6. The summed E-state index contributed by atoms with van der Waals surface area (Å²) in [6, 6.07) is 19.7. The van der Waals surface area contributed by atoms with E-state index in [-0.39, 0.29) is 163 Å². The van der Waals surface area contributed by atoms with E-state index in [4.69, 9.17) is 17.2 Å². The number of rotatable bonds is 66. The number of nitrogens with one attached hydrogen (secondary N) is 9. The Balaban J connectivity index is 0.00000104. The molecule has 0 saturated carbocycles. The fourth-order valence-corrected chi connectivity index (χ4v) is 15.9. The van der Waals surface area contributed by atoms with Gasteiger partial charge in [0.15, 0.2) is 40.5 Å². The summed E-state index contributed by atoms with van der Waals surface area (Å²) in [5, 5.41) is 43.8. The first-order chi connectivity index (χ1) is 64.9. The van der Waals surface area contributed by atoms with E-state index >= 15 is 0 Å². The standard InChI is InChI=1S/C37H60N4O6.C35H56N4O7.C34H54N4O7/c1-9-25(6)35(39-32(45)19-18-28-15-11-10-12-16-28)31(44)22-29(17-13-14-20-38)37(47)41-34(24(4)5)30(43)21-26(7)36(46)40-33(23(2)3)27(8)42;1-8-23(6)32(37-29(42)19-25-14-10-9-11-15-25)28(41)20-26(16-12-13-17-36)34(44)38-30(21(2)3)27(40)18-24(7)33(43)39-31(22(4)5)35(45)46;1-8-22(6)30(38-32(42)24-14-10-9-11-15-24)27(40)19-25(16-12-13-17-35)33(43)36-28(20(2)3)26(39)18-23(7)31(41)37-29(21(4)5)34(44)45/h10-12,15-16,23-26,29,33-35H,9,13-14,17-22,38H2,1-8H3,(H,39,45)(H,40,46)(H,41,47);9-11,14-15,21-24,26,30-32H,8,12-13,16-20,36H2,1-7H3,(H,37,42)(H,38,44)(H,39,43)(H,45,46);9-11,14-15,20-23,25,28-30H,8,12-13,16-19,35H2,1-7H3,(H,36,43)(H,37,41)(H,38,42)(H,44,45)/t25-,26-,29-,33+,34+,35?;23-,24-,26-,30+,31+,32?;22-,23-,25-,28+,29+,30?/m111/s1. The third-order valence-corrected chi connectivity index (χ3v) is 25.5. The minimum Gasteiger partial charge on any atom is -0.480 e. The molecule has 32 heteroatoms. The van der Waals surface area contributed by atoms with Gasteiger partial charge in [-0.05, 0) is 148 Å². The van der Waals surface area contributed by atoms with Crippen LogP contribution >= 0.6 is 0 Å². The second kappa shape index (κ2) is 66.9. The molecule has 18 atom stereocenters. The first-order valence-electron chi connectivity index (χ1n) is 50.0. The van der Waals surface area contributed by atoms with Crippen molar-refractivity contribution in [3.63, 3.8) is 0 Å². The highest BCUT2D eigenvalue weighted by Gasteiger charge is 2.40. The molecular formula is C106H170N12O20. The van der Waals surface area contributed by atoms with Crippen LogP contribution in [0.2, 0.25) is 0 Å². The summed E-state index contributed by atoms with van der Waals surface area (Å²) in [6.07, 6.45) is 7.05. The molecule has 0 radical (unpaired) electrons. The van der Waals surface area contributed by atoms with E-state index in [1.807, 2.05) is 130 Å². The van der Waals surface area contributed by atoms with Crippen LogP contribution in [0.1, 0.15) is 296 Å². The van der Waals surface area contributed by atoms with Crippen LogP contribution in [0.4, 0.5) is 0 Å². The first kappa shape index (κ1) is 125. The molecule has 138 heavy (non-hydrogen) atoms. The van der Waals surface area contributed by atoms with Gasteiger partial charge >= 0.3 is 11.9 Å². The van der Waals surface area contributed by atoms with Crippen molar-refractivity contribution in [3.8, 4) is 0 Å². The minimum absolute atomic E-state index is 0.0795. The van der Waals surface area contributed by atoms with Crippen LogP contribution < -0.4 is 65.1 Å². The molecule has 774 valence electrons. The average Bonchev–Trinajstić information content (AvgIpc) is 0.847. The Kier molecular flexibility index (Phi) is 60.8. The number of ketones is 7. The van der Waals surface area contributed by atoms with E-state index in [9.17, 15) is 96.5 Å². The fraction of sp³-hybridized carbons (Fsp3) is 0.660. The van der Waals surface area contributed by atoms with E-state index in [2.05, 4.69) is 47.9 Å². The van der Waals surface area contributed by atoms with Gasteiger partial charge in [0.05, 0.1) is 48.7 Å². The van der Waals surface area contributed by atoms with Crippen molar-refractivity contribution < 1.29 is 96.5 Å². The van der Waals surface area contributed by atoms with Gasteiger partial charge in [0.25, 0.3) is 5.91 Å². The van der Waals surface area contributed by atoms with E-state index in [0.717, 1.165) is 11.1 Å². The van der Waals surface area contributed by atoms with Crippen LogP contribution in [0, 0.1) is 88.8 Å². The van der Waals surface area contributed by atoms with Crippen molar-refractivity contribution >= 4 is 106 Å². The second-order valence-corrected chi connectivity index (χ2v) is 39.6. The summed E-state index contributed by atoms with van der Waals surface area (Å²) in [4.78, 5) is 234. The maximum atomic E-state index is 13.7. The zero-order valence-corrected chi connectivity index (χ0v) is 86.5. The molecule has 0 aliphatic heterocycles. The zero-order valence-electron chi connectivity index (χ0n) is 86.5. The predicted molar refractivity (Wildman–Crippen MR) is 536 cm³/mol. The van der Waals surface area contributed by atoms with Crippen molar-refractivity contribution in [1.29, 1.82) is 0 Å². The highest BCUT2D eigenvalue weighted by atomic mass is 16.4. The van der Waals surface area contributed by atoms with Crippen LogP contribution in [-0.2, 0) is 94.3 Å². The van der Waals surface area contributed by atoms with E-state index in [1.165, 1.54) is 6.92 Å². The van der Waals surface area contributed by atoms with Crippen molar-refractivity contribution in [3.05, 3.63) is 108 Å². The molecule has 3 unspecified atom stereocenters. The molecular weight excluding hydrogens is 1760 g/mol. The molecule has 32 nitrogen and oxygen atoms in total. The smallest absolute Gasteiger partial charge is 0.326 e. The minimum atomic E-state index is -1.16. The lowest BCUT2D eigenvalue weighted by Gasteiger charge is -2.28. The maximum absolute atomic E-state index is 13.7. The number of aliphatic carboxylic acids is 2. The summed E-state index contributed by atoms with van der Waals surface area (Å²) in [5.74, 6) is -14.6. The normalized spacial score (nSPS) is 15.3. The highest BCUT2D eigenvalue weighted by Crippen LogP contribution is 2.27. The number of carboxylic acids is 2. The van der Waals surface area contributed by atoms with Gasteiger partial charge in [-0.3, -0.25) is 76.7 Å². The van der Waals surface area contributed by atoms with Crippen LogP contribution in [0.25, 0.3) is 0 Å². The summed E-state index contributed by atoms with van der Waals surface area (Å²) >= 11 is 0. The molecule has 9 amide bonds. The molecule has 3 aromatic carbocycles. The molecule has 0 aliphatic carbocycles. The van der Waals surface area contributed by atoms with Crippen molar-refractivity contribution in [2.45, 2.75) is 342 Å². The number of benzene rings is 3. The molecule has 0 aromatic heterocycles. The quantitative estimate of drug-likeness (QED) is 0.0233. The Labute approximate surface area is 820 Å². The van der Waals surface area contributed by atoms with Crippen LogP contribution in [0.15, 0.2) is 91.0 Å². The number of unbranched alkanes of at least 4 members (excludes halogenated alkanes) is 3. The van der Waals surface area contributed by atoms with Crippen LogP contribution in [-0.4, -0.2) is 190 Å². The number of carbonyl (C=O) groups is 18. The van der Waals surface area contributed by atoms with E-state index < -0.39 is 137 Å². The lowest BCUT2D eigenvalue weighted by molar-refractivity contribution is -0.144. The highest BCUT2D eigenvalue weighted by molar-refractivity contribution is 6.01. The van der Waals surface area contributed by atoms with Gasteiger partial charge in [-0.2, -0.15) is 0 Å². The molecule has 3 rings (SSSR count). The Morgan fingerprint density at radius 3 is 0.826 bits per heavy atom. The monoisotopic (exact) mass is 1930 g/mol. The van der Waals surface area contributed by atoms with Gasteiger partial charge in [-0.25, -0.2) is 9.59 Å². The molecule has 0 heterocycles. The Bertz CT molecular complexity index is 4320. The van der Waals surface area contributed by atoms with Crippen LogP contribution in [0.3, 0.4) is 0 Å². The third kappa shape index (κ3) is 46.9. The lowest BCUT2D eigenvalue weighted by atomic mass is 9.86. The number of carboxylic acid groups (broad SMARTS) is 2. The molecule has 0 bridgehead atoms. The molecule has 3 aromatic rings. The molecule has 0 spiro atoms. The lowest BCUT2D eigenvalue weighted by Crippen LogP contribution is -2.50. The molecule has 17 N–H and O–H groups in total. The van der Waals surface area contributed by atoms with Gasteiger partial charge < -0.3 is 75.3 Å². The predicted octanol–water partition coefficient (Wildman–Crippen LogP) is 11.2. The van der Waals surface area contributed by atoms with Gasteiger partial charge in [-0.1, -0.05) is 263 Å². The Morgan fingerprint density at radius 2 is 0.551 bits per heavy atom. The van der Waals surface area contributed by atoms with Gasteiger partial charge in [0, 0.05) is 86.0 Å². The summed E-state index contributed by atoms with van der Waals surface area (Å²) in [7, 11) is 0. The van der Waals surface area contributed by atoms with Crippen LogP contribution in [0.5, 0.6) is 0 Å². The second-order valence-electron chi connectivity index (χ2n) is 39.6. The molecule has 0 saturated heterocycles. The number of nitrogens with two attached hydrogens (primary N) is 3. The SMILES string of the molecule is CC[C@@H](C)C(NC(=O)CCc1ccccc1)C(=O)C[C@@H](CCCCN)C(=O)N[C@H](C(=O)C[C@@H](C)C(=O)N[C@H](C(C)=O)C(C)C)C(C)C.CC[C@@H](C)C(NC(=O)Cc1ccccc1)C(=O)C[C@@H](CCCCN)C(=O)N[C@H](C(=O)C[C@@H](C)C(=O)N[C@H](C(=O)O)C(C)C)C(C)C.CC[C@@H](C)C(NC(=O)c1ccccc1)C(=O)C[C@@H](CCCCN)C(=O)N[C@H](C(=O)C[C@@H](C)C(=O)N[C@H](C(=O)O)C(C)C)C(C)C. The average molecular weight is 1930 g/mol. The topological polar surface area (TPSA) is 534 Å². The third-order valence-electron chi connectivity index (χ3n) is 25.5. The number of hydrogen-bond donors (Lipinski definition) is 14. The summed E-state index contributed by atoms with van der Waals surface area (Å²) < 4.78 is 0.